The molecule has 0 radical (unpaired) electrons. The van der Waals surface area contributed by atoms with E-state index in [0.717, 1.165) is 14.7 Å². The van der Waals surface area contributed by atoms with Gasteiger partial charge in [-0.05, 0) is 47.6 Å². The van der Waals surface area contributed by atoms with Gasteiger partial charge in [0.15, 0.2) is 0 Å². The quantitative estimate of drug-likeness (QED) is 0.854. The topological polar surface area (TPSA) is 63.3 Å². The summed E-state index contributed by atoms with van der Waals surface area (Å²) in [6.45, 7) is 3.85. The summed E-state index contributed by atoms with van der Waals surface area (Å²) in [4.78, 5) is 15.3. The fourth-order valence-electron chi connectivity index (χ4n) is 1.69. The van der Waals surface area contributed by atoms with Crippen molar-refractivity contribution < 1.29 is 14.3 Å². The van der Waals surface area contributed by atoms with E-state index in [9.17, 15) is 4.79 Å². The number of benzene rings is 1. The van der Waals surface area contributed by atoms with Crippen LogP contribution < -0.4 is 0 Å². The molecule has 94 valence electrons. The van der Waals surface area contributed by atoms with Crippen LogP contribution in [0.1, 0.15) is 28.7 Å². The Bertz CT molecular complexity index is 604. The molecular weight excluding hydrogens is 345 g/mol. The van der Waals surface area contributed by atoms with Crippen molar-refractivity contribution in [2.24, 2.45) is 0 Å². The molecule has 0 saturated heterocycles. The van der Waals surface area contributed by atoms with Gasteiger partial charge in [0.25, 0.3) is 0 Å². The third-order valence-electron chi connectivity index (χ3n) is 2.65. The summed E-state index contributed by atoms with van der Waals surface area (Å²) >= 11 is 2.21. The van der Waals surface area contributed by atoms with Crippen LogP contribution in [0.25, 0.3) is 11.5 Å². The Kier molecular flexibility index (Phi) is 3.70. The predicted molar refractivity (Wildman–Crippen MR) is 75.7 cm³/mol. The van der Waals surface area contributed by atoms with E-state index in [-0.39, 0.29) is 5.76 Å². The van der Waals surface area contributed by atoms with Crippen LogP contribution in [0.2, 0.25) is 0 Å². The number of aryl methyl sites for hydroxylation is 2. The van der Waals surface area contributed by atoms with Crippen LogP contribution in [0.5, 0.6) is 0 Å². The molecule has 0 amide bonds. The molecule has 4 nitrogen and oxygen atoms in total. The van der Waals surface area contributed by atoms with Crippen LogP contribution >= 0.6 is 22.6 Å². The summed E-state index contributed by atoms with van der Waals surface area (Å²) in [6, 6.07) is 5.78. The number of halogens is 1. The van der Waals surface area contributed by atoms with Crippen LogP contribution in [0, 0.1) is 10.5 Å². The van der Waals surface area contributed by atoms with Gasteiger partial charge in [-0.2, -0.15) is 0 Å². The lowest BCUT2D eigenvalue weighted by atomic mass is 10.1. The summed E-state index contributed by atoms with van der Waals surface area (Å²) in [6.07, 6.45) is 0.535. The second-order valence-corrected chi connectivity index (χ2v) is 4.97. The number of carbonyl (C=O) groups is 1. The first-order valence-corrected chi connectivity index (χ1v) is 6.61. The fraction of sp³-hybridized carbons (Fsp3) is 0.231. The summed E-state index contributed by atoms with van der Waals surface area (Å²) in [5.74, 6) is -0.768. The van der Waals surface area contributed by atoms with Crippen LogP contribution in [0.4, 0.5) is 0 Å². The zero-order valence-electron chi connectivity index (χ0n) is 10.0. The van der Waals surface area contributed by atoms with E-state index in [1.165, 1.54) is 0 Å². The third kappa shape index (κ3) is 2.27. The monoisotopic (exact) mass is 357 g/mol. The van der Waals surface area contributed by atoms with E-state index in [4.69, 9.17) is 9.52 Å². The Morgan fingerprint density at radius 2 is 2.22 bits per heavy atom. The molecule has 5 heteroatoms. The molecule has 0 saturated carbocycles. The first-order valence-electron chi connectivity index (χ1n) is 5.53. The Labute approximate surface area is 118 Å². The molecule has 2 aromatic rings. The first-order chi connectivity index (χ1) is 8.54. The SMILES string of the molecule is CCc1nc(-c2cccc(C)c2I)oc1C(=O)O. The minimum Gasteiger partial charge on any atom is -0.475 e. The van der Waals surface area contributed by atoms with Crippen molar-refractivity contribution in [3.8, 4) is 11.5 Å². The number of carboxylic acid groups (broad SMARTS) is 1. The van der Waals surface area contributed by atoms with Gasteiger partial charge in [0.05, 0.1) is 11.3 Å². The number of rotatable bonds is 3. The molecule has 0 spiro atoms. The zero-order valence-corrected chi connectivity index (χ0v) is 12.2. The lowest BCUT2D eigenvalue weighted by Gasteiger charge is -2.02. The molecule has 1 N–H and O–H groups in total. The molecule has 0 aliphatic rings. The van der Waals surface area contributed by atoms with Gasteiger partial charge < -0.3 is 9.52 Å². The summed E-state index contributed by atoms with van der Waals surface area (Å²) in [5, 5.41) is 9.05. The average molecular weight is 357 g/mol. The highest BCUT2D eigenvalue weighted by Crippen LogP contribution is 2.28. The van der Waals surface area contributed by atoms with Gasteiger partial charge in [-0.1, -0.05) is 19.1 Å². The molecule has 18 heavy (non-hydrogen) atoms. The van der Waals surface area contributed by atoms with Crippen LogP contribution in [-0.2, 0) is 6.42 Å². The predicted octanol–water partition coefficient (Wildman–Crippen LogP) is 3.52. The molecule has 0 bridgehead atoms. The fourth-order valence-corrected chi connectivity index (χ4v) is 2.28. The lowest BCUT2D eigenvalue weighted by Crippen LogP contribution is -1.98. The van der Waals surface area contributed by atoms with E-state index in [1.54, 1.807) is 0 Å². The van der Waals surface area contributed by atoms with Gasteiger partial charge in [-0.3, -0.25) is 0 Å². The summed E-state index contributed by atoms with van der Waals surface area (Å²) in [7, 11) is 0. The number of nitrogens with zero attached hydrogens (tertiary/aromatic N) is 1. The maximum atomic E-state index is 11.0. The molecule has 1 heterocycles. The van der Waals surface area contributed by atoms with Crippen LogP contribution in [-0.4, -0.2) is 16.1 Å². The second-order valence-electron chi connectivity index (χ2n) is 3.89. The maximum Gasteiger partial charge on any atom is 0.373 e. The number of aromatic nitrogens is 1. The van der Waals surface area contributed by atoms with Gasteiger partial charge in [0.1, 0.15) is 0 Å². The van der Waals surface area contributed by atoms with Crippen molar-refractivity contribution in [1.82, 2.24) is 4.98 Å². The Balaban J connectivity index is 2.58. The van der Waals surface area contributed by atoms with Gasteiger partial charge in [-0.25, -0.2) is 9.78 Å². The van der Waals surface area contributed by atoms with E-state index in [1.807, 2.05) is 32.0 Å². The van der Waals surface area contributed by atoms with Crippen molar-refractivity contribution in [1.29, 1.82) is 0 Å². The van der Waals surface area contributed by atoms with E-state index in [0.29, 0.717) is 18.0 Å². The average Bonchev–Trinajstić information content (AvgIpc) is 2.76. The molecule has 1 aromatic heterocycles. The van der Waals surface area contributed by atoms with Crippen LogP contribution in [0.3, 0.4) is 0 Å². The molecular formula is C13H12INO3. The zero-order chi connectivity index (χ0) is 13.3. The van der Waals surface area contributed by atoms with Crippen molar-refractivity contribution in [2.75, 3.05) is 0 Å². The molecule has 0 aliphatic heterocycles. The number of hydrogen-bond donors (Lipinski definition) is 1. The first kappa shape index (κ1) is 13.1. The van der Waals surface area contributed by atoms with Crippen molar-refractivity contribution in [3.05, 3.63) is 38.8 Å². The smallest absolute Gasteiger partial charge is 0.373 e. The Morgan fingerprint density at radius 1 is 1.50 bits per heavy atom. The lowest BCUT2D eigenvalue weighted by molar-refractivity contribution is 0.0662. The third-order valence-corrected chi connectivity index (χ3v) is 4.08. The highest BCUT2D eigenvalue weighted by Gasteiger charge is 2.20. The molecule has 0 aliphatic carbocycles. The highest BCUT2D eigenvalue weighted by atomic mass is 127. The second kappa shape index (κ2) is 5.09. The van der Waals surface area contributed by atoms with Gasteiger partial charge in [0.2, 0.25) is 11.7 Å². The minimum absolute atomic E-state index is 0.0650. The van der Waals surface area contributed by atoms with E-state index in [2.05, 4.69) is 27.6 Å². The molecule has 0 fully saturated rings. The Morgan fingerprint density at radius 3 is 2.78 bits per heavy atom. The maximum absolute atomic E-state index is 11.0. The molecule has 1 aromatic carbocycles. The number of carboxylic acids is 1. The van der Waals surface area contributed by atoms with E-state index >= 15 is 0 Å². The van der Waals surface area contributed by atoms with Crippen molar-refractivity contribution in [2.45, 2.75) is 20.3 Å². The molecule has 0 atom stereocenters. The Hall–Kier alpha value is -1.37. The molecule has 2 rings (SSSR count). The standard InChI is InChI=1S/C13H12INO3/c1-3-9-11(13(16)17)18-12(15-9)8-6-4-5-7(2)10(8)14/h4-6H,3H2,1-2H3,(H,16,17). The van der Waals surface area contributed by atoms with Gasteiger partial charge in [-0.15, -0.1) is 0 Å². The van der Waals surface area contributed by atoms with Gasteiger partial charge in [0, 0.05) is 3.57 Å². The highest BCUT2D eigenvalue weighted by molar-refractivity contribution is 14.1. The van der Waals surface area contributed by atoms with Crippen molar-refractivity contribution >= 4 is 28.6 Å². The van der Waals surface area contributed by atoms with Gasteiger partial charge >= 0.3 is 5.97 Å². The van der Waals surface area contributed by atoms with E-state index < -0.39 is 5.97 Å². The normalized spacial score (nSPS) is 10.6. The van der Waals surface area contributed by atoms with Crippen LogP contribution in [0.15, 0.2) is 22.6 Å². The number of oxazole rings is 1. The minimum atomic E-state index is -1.08. The molecule has 0 unspecified atom stereocenters. The van der Waals surface area contributed by atoms with Crippen molar-refractivity contribution in [3.63, 3.8) is 0 Å². The largest absolute Gasteiger partial charge is 0.475 e. The summed E-state index contributed by atoms with van der Waals surface area (Å²) in [5.41, 5.74) is 2.42. The number of aromatic carboxylic acids is 1. The number of hydrogen-bond acceptors (Lipinski definition) is 3. The summed E-state index contributed by atoms with van der Waals surface area (Å²) < 4.78 is 6.40.